The second-order valence-electron chi connectivity index (χ2n) is 4.49. The monoisotopic (exact) mass is 297 g/mol. The largest absolute Gasteiger partial charge is 0.382 e. The van der Waals surface area contributed by atoms with E-state index in [-0.39, 0.29) is 16.1 Å². The Bertz CT molecular complexity index is 534. The molecule has 0 fully saturated rings. The van der Waals surface area contributed by atoms with Crippen LogP contribution < -0.4 is 5.32 Å². The highest BCUT2D eigenvalue weighted by Crippen LogP contribution is 2.27. The van der Waals surface area contributed by atoms with Crippen LogP contribution in [-0.2, 0) is 6.42 Å². The van der Waals surface area contributed by atoms with Crippen LogP contribution in [0.5, 0.6) is 0 Å². The lowest BCUT2D eigenvalue weighted by Gasteiger charge is -2.16. The van der Waals surface area contributed by atoms with E-state index >= 15 is 0 Å². The van der Waals surface area contributed by atoms with Gasteiger partial charge in [-0.1, -0.05) is 53.5 Å². The van der Waals surface area contributed by atoms with Gasteiger partial charge in [0.05, 0.1) is 10.0 Å². The number of halogens is 3. The molecule has 1 unspecified atom stereocenters. The summed E-state index contributed by atoms with van der Waals surface area (Å²) in [6, 6.07) is 13.4. The Morgan fingerprint density at radius 1 is 1.11 bits per heavy atom. The van der Waals surface area contributed by atoms with Gasteiger partial charge in [-0.05, 0) is 31.0 Å². The fourth-order valence-corrected chi connectivity index (χ4v) is 2.43. The molecule has 1 N–H and O–H groups in total. The fourth-order valence-electron chi connectivity index (χ4n) is 1.94. The molecule has 1 atom stereocenters. The first-order valence-corrected chi connectivity index (χ1v) is 6.77. The summed E-state index contributed by atoms with van der Waals surface area (Å²) in [5.74, 6) is -0.579. The molecule has 4 heteroatoms. The Morgan fingerprint density at radius 3 is 2.26 bits per heavy atom. The second-order valence-corrected chi connectivity index (χ2v) is 5.30. The summed E-state index contributed by atoms with van der Waals surface area (Å²) < 4.78 is 13.3. The number of anilines is 1. The maximum Gasteiger partial charge on any atom is 0.160 e. The van der Waals surface area contributed by atoms with Crippen LogP contribution in [0, 0.1) is 5.82 Å². The van der Waals surface area contributed by atoms with Crippen molar-refractivity contribution in [2.45, 2.75) is 19.4 Å². The molecule has 0 amide bonds. The number of rotatable bonds is 4. The molecule has 0 aliphatic carbocycles. The summed E-state index contributed by atoms with van der Waals surface area (Å²) in [5, 5.41) is 3.32. The van der Waals surface area contributed by atoms with E-state index in [1.54, 1.807) is 12.1 Å². The Hall–Kier alpha value is -1.25. The van der Waals surface area contributed by atoms with Crippen LogP contribution in [0.3, 0.4) is 0 Å². The summed E-state index contributed by atoms with van der Waals surface area (Å²) in [6.45, 7) is 2.05. The van der Waals surface area contributed by atoms with Gasteiger partial charge in [-0.2, -0.15) is 0 Å². The van der Waals surface area contributed by atoms with E-state index in [0.29, 0.717) is 0 Å². The first-order valence-electron chi connectivity index (χ1n) is 6.01. The summed E-state index contributed by atoms with van der Waals surface area (Å²) in [5.41, 5.74) is 1.96. The van der Waals surface area contributed by atoms with E-state index in [4.69, 9.17) is 23.2 Å². The Labute approximate surface area is 122 Å². The Morgan fingerprint density at radius 2 is 1.68 bits per heavy atom. The van der Waals surface area contributed by atoms with Crippen LogP contribution in [0.15, 0.2) is 42.5 Å². The molecule has 0 aliphatic rings. The van der Waals surface area contributed by atoms with Gasteiger partial charge in [-0.25, -0.2) is 4.39 Å². The highest BCUT2D eigenvalue weighted by Gasteiger charge is 2.09. The van der Waals surface area contributed by atoms with Crippen molar-refractivity contribution < 1.29 is 4.39 Å². The predicted molar refractivity (Wildman–Crippen MR) is 79.7 cm³/mol. The summed E-state index contributed by atoms with van der Waals surface area (Å²) in [7, 11) is 0. The molecule has 100 valence electrons. The van der Waals surface area contributed by atoms with Crippen LogP contribution >= 0.6 is 23.2 Å². The normalized spacial score (nSPS) is 12.2. The second kappa shape index (κ2) is 6.27. The summed E-state index contributed by atoms with van der Waals surface area (Å²) in [6.07, 6.45) is 0.869. The molecule has 2 aromatic carbocycles. The predicted octanol–water partition coefficient (Wildman–Crippen LogP) is 5.18. The van der Waals surface area contributed by atoms with Crippen LogP contribution in [0.1, 0.15) is 12.5 Å². The van der Waals surface area contributed by atoms with E-state index in [2.05, 4.69) is 24.4 Å². The quantitative estimate of drug-likeness (QED) is 0.767. The first kappa shape index (κ1) is 14.2. The number of nitrogens with one attached hydrogen (secondary N) is 1. The van der Waals surface area contributed by atoms with Gasteiger partial charge in [0, 0.05) is 11.7 Å². The van der Waals surface area contributed by atoms with Gasteiger partial charge < -0.3 is 5.32 Å². The van der Waals surface area contributed by atoms with Crippen molar-refractivity contribution in [3.05, 3.63) is 63.9 Å². The average Bonchev–Trinajstić information content (AvgIpc) is 2.37. The molecular weight excluding hydrogens is 284 g/mol. The molecule has 0 aromatic heterocycles. The molecule has 19 heavy (non-hydrogen) atoms. The number of hydrogen-bond acceptors (Lipinski definition) is 1. The maximum atomic E-state index is 13.3. The van der Waals surface area contributed by atoms with Crippen molar-refractivity contribution in [1.82, 2.24) is 0 Å². The Kier molecular flexibility index (Phi) is 4.67. The SMILES string of the molecule is CC(Cc1ccccc1)Nc1cc(Cl)c(F)c(Cl)c1. The van der Waals surface area contributed by atoms with Crippen LogP contribution in [0.25, 0.3) is 0 Å². The molecule has 1 nitrogen and oxygen atoms in total. The zero-order valence-corrected chi connectivity index (χ0v) is 12.0. The van der Waals surface area contributed by atoms with E-state index in [9.17, 15) is 4.39 Å². The van der Waals surface area contributed by atoms with Gasteiger partial charge in [0.2, 0.25) is 0 Å². The molecule has 0 spiro atoms. The molecule has 0 aliphatic heterocycles. The van der Waals surface area contributed by atoms with Crippen molar-refractivity contribution in [2.24, 2.45) is 0 Å². The van der Waals surface area contributed by atoms with Gasteiger partial charge in [-0.15, -0.1) is 0 Å². The Balaban J connectivity index is 2.05. The highest BCUT2D eigenvalue weighted by atomic mass is 35.5. The maximum absolute atomic E-state index is 13.3. The van der Waals surface area contributed by atoms with Crippen molar-refractivity contribution in [1.29, 1.82) is 0 Å². The number of benzene rings is 2. The van der Waals surface area contributed by atoms with Gasteiger partial charge in [0.1, 0.15) is 0 Å². The van der Waals surface area contributed by atoms with Crippen LogP contribution in [0.2, 0.25) is 10.0 Å². The molecule has 0 heterocycles. The minimum Gasteiger partial charge on any atom is -0.382 e. The topological polar surface area (TPSA) is 12.0 Å². The van der Waals surface area contributed by atoms with Crippen molar-refractivity contribution in [3.63, 3.8) is 0 Å². The smallest absolute Gasteiger partial charge is 0.160 e. The average molecular weight is 298 g/mol. The molecular formula is C15H14Cl2FN. The first-order chi connectivity index (χ1) is 9.06. The fraction of sp³-hybridized carbons (Fsp3) is 0.200. The standard InChI is InChI=1S/C15H14Cl2FN/c1-10(7-11-5-3-2-4-6-11)19-12-8-13(16)15(18)14(17)9-12/h2-6,8-10,19H,7H2,1H3. The third kappa shape index (κ3) is 3.85. The van der Waals surface area contributed by atoms with Gasteiger partial charge >= 0.3 is 0 Å². The van der Waals surface area contributed by atoms with Crippen LogP contribution in [-0.4, -0.2) is 6.04 Å². The number of hydrogen-bond donors (Lipinski definition) is 1. The van der Waals surface area contributed by atoms with Crippen molar-refractivity contribution >= 4 is 28.9 Å². The van der Waals surface area contributed by atoms with Gasteiger partial charge in [0.25, 0.3) is 0 Å². The van der Waals surface area contributed by atoms with E-state index in [1.165, 1.54) is 5.56 Å². The lowest BCUT2D eigenvalue weighted by molar-refractivity contribution is 0.628. The lowest BCUT2D eigenvalue weighted by atomic mass is 10.1. The summed E-state index contributed by atoms with van der Waals surface area (Å²) >= 11 is 11.5. The molecule has 2 aromatic rings. The van der Waals surface area contributed by atoms with E-state index in [1.807, 2.05) is 18.2 Å². The van der Waals surface area contributed by atoms with Gasteiger partial charge in [0.15, 0.2) is 5.82 Å². The minimum atomic E-state index is -0.579. The summed E-state index contributed by atoms with van der Waals surface area (Å²) in [4.78, 5) is 0. The van der Waals surface area contributed by atoms with Crippen molar-refractivity contribution in [2.75, 3.05) is 5.32 Å². The van der Waals surface area contributed by atoms with E-state index < -0.39 is 5.82 Å². The molecule has 2 rings (SSSR count). The van der Waals surface area contributed by atoms with E-state index in [0.717, 1.165) is 12.1 Å². The molecule has 0 radical (unpaired) electrons. The van der Waals surface area contributed by atoms with Crippen molar-refractivity contribution in [3.8, 4) is 0 Å². The third-order valence-electron chi connectivity index (χ3n) is 2.78. The minimum absolute atomic E-state index is 0.0295. The zero-order chi connectivity index (χ0) is 13.8. The molecule has 0 saturated carbocycles. The van der Waals surface area contributed by atoms with Gasteiger partial charge in [-0.3, -0.25) is 0 Å². The van der Waals surface area contributed by atoms with Crippen LogP contribution in [0.4, 0.5) is 10.1 Å². The highest BCUT2D eigenvalue weighted by molar-refractivity contribution is 6.35. The zero-order valence-electron chi connectivity index (χ0n) is 10.5. The third-order valence-corrected chi connectivity index (χ3v) is 3.33. The molecule has 0 bridgehead atoms. The lowest BCUT2D eigenvalue weighted by Crippen LogP contribution is -2.18. The molecule has 0 saturated heterocycles.